The van der Waals surface area contributed by atoms with E-state index in [1.165, 1.54) is 31.4 Å². The van der Waals surface area contributed by atoms with Crippen molar-refractivity contribution in [2.75, 3.05) is 18.5 Å². The van der Waals surface area contributed by atoms with Crippen LogP contribution in [-0.2, 0) is 11.3 Å². The van der Waals surface area contributed by atoms with Gasteiger partial charge in [-0.1, -0.05) is 12.8 Å². The molecular weight excluding hydrogens is 226 g/mol. The molecule has 1 fully saturated rings. The Labute approximate surface area is 109 Å². The lowest BCUT2D eigenvalue weighted by Crippen LogP contribution is -2.09. The molecule has 0 radical (unpaired) electrons. The average molecular weight is 249 g/mol. The molecule has 0 aromatic carbocycles. The van der Waals surface area contributed by atoms with Crippen LogP contribution in [0, 0.1) is 0 Å². The Morgan fingerprint density at radius 1 is 1.28 bits per heavy atom. The van der Waals surface area contributed by atoms with Gasteiger partial charge >= 0.3 is 0 Å². The predicted molar refractivity (Wildman–Crippen MR) is 72.7 cm³/mol. The van der Waals surface area contributed by atoms with Crippen LogP contribution in [0.5, 0.6) is 0 Å². The normalized spacial score (nSPS) is 16.1. The quantitative estimate of drug-likeness (QED) is 0.841. The first-order valence-corrected chi connectivity index (χ1v) is 7.03. The van der Waals surface area contributed by atoms with Gasteiger partial charge in [-0.05, 0) is 26.7 Å². The van der Waals surface area contributed by atoms with E-state index < -0.39 is 0 Å². The molecule has 4 heteroatoms. The van der Waals surface area contributed by atoms with Crippen molar-refractivity contribution < 1.29 is 4.74 Å². The Kier molecular flexibility index (Phi) is 4.93. The minimum atomic E-state index is 0.509. The van der Waals surface area contributed by atoms with Gasteiger partial charge in [0.2, 0.25) is 0 Å². The molecule has 0 spiro atoms. The van der Waals surface area contributed by atoms with E-state index in [4.69, 9.17) is 4.74 Å². The van der Waals surface area contributed by atoms with Gasteiger partial charge < -0.3 is 10.1 Å². The first kappa shape index (κ1) is 13.3. The molecule has 1 aromatic heterocycles. The molecule has 4 nitrogen and oxygen atoms in total. The molecule has 2 rings (SSSR count). The van der Waals surface area contributed by atoms with Crippen LogP contribution in [0.2, 0.25) is 0 Å². The van der Waals surface area contributed by atoms with Crippen molar-refractivity contribution in [3.63, 3.8) is 0 Å². The second-order valence-electron chi connectivity index (χ2n) is 4.74. The largest absolute Gasteiger partial charge is 0.374 e. The van der Waals surface area contributed by atoms with Crippen molar-refractivity contribution in [2.45, 2.75) is 52.1 Å². The maximum atomic E-state index is 5.42. The smallest absolute Gasteiger partial charge is 0.156 e. The van der Waals surface area contributed by atoms with E-state index in [1.807, 2.05) is 6.92 Å². The molecule has 1 N–H and O–H groups in total. The second-order valence-corrected chi connectivity index (χ2v) is 4.74. The molecule has 1 aliphatic carbocycles. The molecule has 0 atom stereocenters. The first-order valence-electron chi connectivity index (χ1n) is 7.03. The van der Waals surface area contributed by atoms with Gasteiger partial charge in [-0.15, -0.1) is 0 Å². The summed E-state index contributed by atoms with van der Waals surface area (Å²) in [5.74, 6) is 2.35. The van der Waals surface area contributed by atoms with E-state index >= 15 is 0 Å². The van der Waals surface area contributed by atoms with E-state index in [9.17, 15) is 0 Å². The lowest BCUT2D eigenvalue weighted by molar-refractivity contribution is 0.128. The number of nitrogens with one attached hydrogen (secondary N) is 1. The second kappa shape index (κ2) is 6.69. The summed E-state index contributed by atoms with van der Waals surface area (Å²) >= 11 is 0. The highest BCUT2D eigenvalue weighted by Crippen LogP contribution is 2.33. The van der Waals surface area contributed by atoms with Crippen LogP contribution >= 0.6 is 0 Å². The summed E-state index contributed by atoms with van der Waals surface area (Å²) in [6.45, 7) is 6.17. The summed E-state index contributed by atoms with van der Waals surface area (Å²) < 4.78 is 5.42. The van der Waals surface area contributed by atoms with Gasteiger partial charge in [-0.25, -0.2) is 9.97 Å². The zero-order chi connectivity index (χ0) is 12.8. The highest BCUT2D eigenvalue weighted by molar-refractivity contribution is 5.37. The van der Waals surface area contributed by atoms with E-state index in [-0.39, 0.29) is 0 Å². The Morgan fingerprint density at radius 3 is 2.72 bits per heavy atom. The maximum absolute atomic E-state index is 5.42. The van der Waals surface area contributed by atoms with Crippen molar-refractivity contribution in [1.29, 1.82) is 0 Å². The van der Waals surface area contributed by atoms with Crippen molar-refractivity contribution in [3.8, 4) is 0 Å². The molecule has 0 amide bonds. The maximum Gasteiger partial charge on any atom is 0.156 e. The highest BCUT2D eigenvalue weighted by Gasteiger charge is 2.19. The summed E-state index contributed by atoms with van der Waals surface area (Å²) in [6, 6.07) is 2.11. The molecule has 0 unspecified atom stereocenters. The standard InChI is InChI=1S/C14H23N3O/c1-3-15-13-9-12(11-7-5-6-8-11)16-14(17-13)10-18-4-2/h9,11H,3-8,10H2,1-2H3,(H,15,16,17). The third-order valence-corrected chi connectivity index (χ3v) is 3.36. The van der Waals surface area contributed by atoms with Gasteiger partial charge in [0, 0.05) is 30.8 Å². The molecule has 0 saturated heterocycles. The van der Waals surface area contributed by atoms with E-state index in [0.29, 0.717) is 19.1 Å². The zero-order valence-electron chi connectivity index (χ0n) is 11.4. The van der Waals surface area contributed by atoms with Gasteiger partial charge in [-0.2, -0.15) is 0 Å². The van der Waals surface area contributed by atoms with Crippen LogP contribution in [0.1, 0.15) is 57.0 Å². The number of hydrogen-bond donors (Lipinski definition) is 1. The monoisotopic (exact) mass is 249 g/mol. The number of ether oxygens (including phenoxy) is 1. The molecule has 0 aliphatic heterocycles. The summed E-state index contributed by atoms with van der Waals surface area (Å²) in [7, 11) is 0. The van der Waals surface area contributed by atoms with Gasteiger partial charge in [0.25, 0.3) is 0 Å². The van der Waals surface area contributed by atoms with Crippen molar-refractivity contribution >= 4 is 5.82 Å². The van der Waals surface area contributed by atoms with Crippen LogP contribution in [-0.4, -0.2) is 23.1 Å². The SMILES string of the molecule is CCNc1cc(C2CCCC2)nc(COCC)n1. The fourth-order valence-corrected chi connectivity index (χ4v) is 2.48. The Bertz CT molecular complexity index is 375. The Balaban J connectivity index is 2.17. The minimum Gasteiger partial charge on any atom is -0.374 e. The van der Waals surface area contributed by atoms with Gasteiger partial charge in [0.1, 0.15) is 12.4 Å². The van der Waals surface area contributed by atoms with Gasteiger partial charge in [0.15, 0.2) is 5.82 Å². The molecule has 1 aliphatic rings. The summed E-state index contributed by atoms with van der Waals surface area (Å²) in [6.07, 6.45) is 5.17. The summed E-state index contributed by atoms with van der Waals surface area (Å²) in [5.41, 5.74) is 1.19. The topological polar surface area (TPSA) is 47.0 Å². The van der Waals surface area contributed by atoms with E-state index in [2.05, 4.69) is 28.3 Å². The highest BCUT2D eigenvalue weighted by atomic mass is 16.5. The molecule has 0 bridgehead atoms. The van der Waals surface area contributed by atoms with Crippen LogP contribution < -0.4 is 5.32 Å². The van der Waals surface area contributed by atoms with Crippen molar-refractivity contribution in [1.82, 2.24) is 9.97 Å². The molecular formula is C14H23N3O. The van der Waals surface area contributed by atoms with Crippen LogP contribution in [0.3, 0.4) is 0 Å². The van der Waals surface area contributed by atoms with Crippen LogP contribution in [0.15, 0.2) is 6.07 Å². The van der Waals surface area contributed by atoms with Crippen LogP contribution in [0.25, 0.3) is 0 Å². The molecule has 1 saturated carbocycles. The van der Waals surface area contributed by atoms with Crippen molar-refractivity contribution in [3.05, 3.63) is 17.6 Å². The number of hydrogen-bond acceptors (Lipinski definition) is 4. The lowest BCUT2D eigenvalue weighted by Gasteiger charge is -2.13. The number of rotatable bonds is 6. The van der Waals surface area contributed by atoms with E-state index in [1.54, 1.807) is 0 Å². The van der Waals surface area contributed by atoms with Gasteiger partial charge in [-0.3, -0.25) is 0 Å². The third-order valence-electron chi connectivity index (χ3n) is 3.36. The molecule has 18 heavy (non-hydrogen) atoms. The zero-order valence-corrected chi connectivity index (χ0v) is 11.4. The fraction of sp³-hybridized carbons (Fsp3) is 0.714. The third kappa shape index (κ3) is 3.42. The van der Waals surface area contributed by atoms with E-state index in [0.717, 1.165) is 18.2 Å². The Morgan fingerprint density at radius 2 is 2.06 bits per heavy atom. The number of nitrogens with zero attached hydrogens (tertiary/aromatic N) is 2. The molecule has 1 heterocycles. The van der Waals surface area contributed by atoms with Crippen LogP contribution in [0.4, 0.5) is 5.82 Å². The first-order chi connectivity index (χ1) is 8.83. The average Bonchev–Trinajstić information content (AvgIpc) is 2.90. The lowest BCUT2D eigenvalue weighted by atomic mass is 10.0. The minimum absolute atomic E-state index is 0.509. The van der Waals surface area contributed by atoms with Crippen molar-refractivity contribution in [2.24, 2.45) is 0 Å². The number of anilines is 1. The summed E-state index contributed by atoms with van der Waals surface area (Å²) in [5, 5.41) is 3.28. The fourth-order valence-electron chi connectivity index (χ4n) is 2.48. The Hall–Kier alpha value is -1.16. The molecule has 100 valence electrons. The molecule has 1 aromatic rings. The van der Waals surface area contributed by atoms with Gasteiger partial charge in [0.05, 0.1) is 0 Å². The summed E-state index contributed by atoms with van der Waals surface area (Å²) in [4.78, 5) is 9.14. The predicted octanol–water partition coefficient (Wildman–Crippen LogP) is 3.10. The number of aromatic nitrogens is 2.